The van der Waals surface area contributed by atoms with Gasteiger partial charge in [0.2, 0.25) is 0 Å². The van der Waals surface area contributed by atoms with E-state index >= 15 is 0 Å². The molecule has 5 heteroatoms. The van der Waals surface area contributed by atoms with Gasteiger partial charge in [0.15, 0.2) is 0 Å². The molecule has 0 radical (unpaired) electrons. The Labute approximate surface area is 138 Å². The van der Waals surface area contributed by atoms with Gasteiger partial charge in [0.25, 0.3) is 10.0 Å². The standard InChI is InChI=1S/C18H22N2O2S/c1-14-11-12-19-18(13-14)20-23(21,22)17-9-7-16(8-10-17)15-5-3-2-4-6-15/h7-13,15H,2-6H2,1H3,(H,19,20). The van der Waals surface area contributed by atoms with Crippen LogP contribution in [0.15, 0.2) is 47.5 Å². The number of hydrogen-bond donors (Lipinski definition) is 1. The van der Waals surface area contributed by atoms with E-state index in [4.69, 9.17) is 0 Å². The third-order valence-electron chi connectivity index (χ3n) is 4.42. The predicted molar refractivity (Wildman–Crippen MR) is 92.1 cm³/mol. The number of sulfonamides is 1. The van der Waals surface area contributed by atoms with Crippen molar-refractivity contribution in [2.75, 3.05) is 4.72 Å². The van der Waals surface area contributed by atoms with E-state index in [1.807, 2.05) is 25.1 Å². The second-order valence-electron chi connectivity index (χ2n) is 6.23. The lowest BCUT2D eigenvalue weighted by Crippen LogP contribution is -2.14. The minimum absolute atomic E-state index is 0.278. The second kappa shape index (κ2) is 6.71. The summed E-state index contributed by atoms with van der Waals surface area (Å²) in [5.74, 6) is 0.924. The summed E-state index contributed by atoms with van der Waals surface area (Å²) >= 11 is 0. The Balaban J connectivity index is 1.77. The molecule has 1 heterocycles. The maximum Gasteiger partial charge on any atom is 0.263 e. The van der Waals surface area contributed by atoms with Crippen LogP contribution in [0.1, 0.15) is 49.1 Å². The molecule has 1 fully saturated rings. The maximum absolute atomic E-state index is 12.4. The number of aryl methyl sites for hydroxylation is 1. The predicted octanol–water partition coefficient (Wildman–Crippen LogP) is 4.24. The average Bonchev–Trinajstić information content (AvgIpc) is 2.55. The van der Waals surface area contributed by atoms with E-state index in [0.29, 0.717) is 11.7 Å². The number of aromatic nitrogens is 1. The Morgan fingerprint density at radius 1 is 1.04 bits per heavy atom. The lowest BCUT2D eigenvalue weighted by molar-refractivity contribution is 0.443. The molecule has 1 aliphatic carbocycles. The Morgan fingerprint density at radius 2 is 1.74 bits per heavy atom. The van der Waals surface area contributed by atoms with Crippen molar-refractivity contribution in [3.05, 3.63) is 53.7 Å². The number of benzene rings is 1. The topological polar surface area (TPSA) is 59.1 Å². The van der Waals surface area contributed by atoms with E-state index in [1.165, 1.54) is 37.7 Å². The summed E-state index contributed by atoms with van der Waals surface area (Å²) in [4.78, 5) is 4.33. The molecule has 1 aliphatic rings. The molecule has 0 unspecified atom stereocenters. The van der Waals surface area contributed by atoms with Gasteiger partial charge >= 0.3 is 0 Å². The minimum Gasteiger partial charge on any atom is -0.263 e. The molecule has 0 amide bonds. The maximum atomic E-state index is 12.4. The zero-order chi connectivity index (χ0) is 16.3. The molecule has 0 atom stereocenters. The fourth-order valence-electron chi connectivity index (χ4n) is 3.14. The largest absolute Gasteiger partial charge is 0.263 e. The van der Waals surface area contributed by atoms with Gasteiger partial charge in [0.1, 0.15) is 5.82 Å². The van der Waals surface area contributed by atoms with E-state index in [-0.39, 0.29) is 4.90 Å². The third-order valence-corrected chi connectivity index (χ3v) is 5.79. The number of pyridine rings is 1. The summed E-state index contributed by atoms with van der Waals surface area (Å²) in [7, 11) is -3.59. The van der Waals surface area contributed by atoms with Gasteiger partial charge in [-0.3, -0.25) is 4.72 Å². The fourth-order valence-corrected chi connectivity index (χ4v) is 4.14. The monoisotopic (exact) mass is 330 g/mol. The van der Waals surface area contributed by atoms with E-state index < -0.39 is 10.0 Å². The quantitative estimate of drug-likeness (QED) is 0.912. The van der Waals surface area contributed by atoms with Crippen LogP contribution < -0.4 is 4.72 Å². The van der Waals surface area contributed by atoms with Crippen molar-refractivity contribution in [1.29, 1.82) is 0 Å². The normalized spacial score (nSPS) is 16.2. The Bertz CT molecular complexity index is 764. The van der Waals surface area contributed by atoms with Crippen molar-refractivity contribution >= 4 is 15.8 Å². The van der Waals surface area contributed by atoms with E-state index in [2.05, 4.69) is 9.71 Å². The van der Waals surface area contributed by atoms with Crippen LogP contribution >= 0.6 is 0 Å². The number of nitrogens with one attached hydrogen (secondary N) is 1. The van der Waals surface area contributed by atoms with Crippen LogP contribution in [0.25, 0.3) is 0 Å². The fraction of sp³-hybridized carbons (Fsp3) is 0.389. The van der Waals surface area contributed by atoms with Crippen LogP contribution in [0.5, 0.6) is 0 Å². The van der Waals surface area contributed by atoms with Gasteiger partial charge in [-0.1, -0.05) is 31.4 Å². The zero-order valence-corrected chi connectivity index (χ0v) is 14.1. The van der Waals surface area contributed by atoms with Gasteiger partial charge in [-0.15, -0.1) is 0 Å². The molecule has 23 heavy (non-hydrogen) atoms. The summed E-state index contributed by atoms with van der Waals surface area (Å²) < 4.78 is 27.4. The third kappa shape index (κ3) is 3.91. The summed E-state index contributed by atoms with van der Waals surface area (Å²) in [6.45, 7) is 1.90. The lowest BCUT2D eigenvalue weighted by atomic mass is 9.84. The van der Waals surface area contributed by atoms with Crippen LogP contribution in [-0.4, -0.2) is 13.4 Å². The molecule has 1 aromatic heterocycles. The first-order valence-electron chi connectivity index (χ1n) is 8.10. The number of hydrogen-bond acceptors (Lipinski definition) is 3. The van der Waals surface area contributed by atoms with E-state index in [0.717, 1.165) is 5.56 Å². The van der Waals surface area contributed by atoms with Crippen LogP contribution in [0.3, 0.4) is 0 Å². The summed E-state index contributed by atoms with van der Waals surface area (Å²) in [6, 6.07) is 10.8. The highest BCUT2D eigenvalue weighted by atomic mass is 32.2. The lowest BCUT2D eigenvalue weighted by Gasteiger charge is -2.22. The van der Waals surface area contributed by atoms with Crippen molar-refractivity contribution in [2.45, 2.75) is 49.8 Å². The summed E-state index contributed by atoms with van der Waals surface area (Å²) in [5, 5.41) is 0. The van der Waals surface area contributed by atoms with Crippen molar-refractivity contribution < 1.29 is 8.42 Å². The highest BCUT2D eigenvalue weighted by Gasteiger charge is 2.18. The van der Waals surface area contributed by atoms with Crippen LogP contribution in [0, 0.1) is 6.92 Å². The van der Waals surface area contributed by atoms with Crippen molar-refractivity contribution in [1.82, 2.24) is 4.98 Å². The van der Waals surface area contributed by atoms with Gasteiger partial charge in [-0.2, -0.15) is 0 Å². The van der Waals surface area contributed by atoms with Gasteiger partial charge in [-0.25, -0.2) is 13.4 Å². The van der Waals surface area contributed by atoms with Gasteiger partial charge in [0.05, 0.1) is 4.90 Å². The van der Waals surface area contributed by atoms with Crippen LogP contribution in [0.2, 0.25) is 0 Å². The SMILES string of the molecule is Cc1ccnc(NS(=O)(=O)c2ccc(C3CCCCC3)cc2)c1. The first-order valence-corrected chi connectivity index (χ1v) is 9.58. The highest BCUT2D eigenvalue weighted by Crippen LogP contribution is 2.33. The first-order chi connectivity index (χ1) is 11.0. The Morgan fingerprint density at radius 3 is 2.39 bits per heavy atom. The van der Waals surface area contributed by atoms with Gasteiger partial charge in [0, 0.05) is 6.20 Å². The number of anilines is 1. The van der Waals surface area contributed by atoms with E-state index in [1.54, 1.807) is 24.4 Å². The molecule has 0 spiro atoms. The summed E-state index contributed by atoms with van der Waals surface area (Å²) in [5.41, 5.74) is 2.21. The van der Waals surface area contributed by atoms with Crippen molar-refractivity contribution in [2.24, 2.45) is 0 Å². The molecule has 0 bridgehead atoms. The molecular formula is C18H22N2O2S. The van der Waals surface area contributed by atoms with Gasteiger partial charge < -0.3 is 0 Å². The number of rotatable bonds is 4. The van der Waals surface area contributed by atoms with Crippen molar-refractivity contribution in [3.8, 4) is 0 Å². The molecule has 1 N–H and O–H groups in total. The minimum atomic E-state index is -3.59. The number of nitrogens with zero attached hydrogens (tertiary/aromatic N) is 1. The Kier molecular flexibility index (Phi) is 4.66. The molecule has 4 nitrogen and oxygen atoms in total. The Hall–Kier alpha value is -1.88. The molecule has 122 valence electrons. The molecule has 0 saturated heterocycles. The first kappa shape index (κ1) is 16.0. The van der Waals surface area contributed by atoms with Crippen molar-refractivity contribution in [3.63, 3.8) is 0 Å². The smallest absolute Gasteiger partial charge is 0.263 e. The van der Waals surface area contributed by atoms with Crippen LogP contribution in [-0.2, 0) is 10.0 Å². The van der Waals surface area contributed by atoms with Gasteiger partial charge in [-0.05, 0) is 61.1 Å². The van der Waals surface area contributed by atoms with E-state index in [9.17, 15) is 8.42 Å². The average molecular weight is 330 g/mol. The molecule has 0 aliphatic heterocycles. The second-order valence-corrected chi connectivity index (χ2v) is 7.91. The molecule has 1 aromatic carbocycles. The zero-order valence-electron chi connectivity index (χ0n) is 13.3. The molecule has 2 aromatic rings. The molecular weight excluding hydrogens is 308 g/mol. The summed E-state index contributed by atoms with van der Waals surface area (Å²) in [6.07, 6.45) is 7.86. The highest BCUT2D eigenvalue weighted by molar-refractivity contribution is 7.92. The van der Waals surface area contributed by atoms with Crippen LogP contribution in [0.4, 0.5) is 5.82 Å². The molecule has 3 rings (SSSR count). The molecule has 1 saturated carbocycles.